The molecule has 0 aliphatic carbocycles. The monoisotopic (exact) mass is 261 g/mol. The van der Waals surface area contributed by atoms with E-state index in [0.29, 0.717) is 0 Å². The van der Waals surface area contributed by atoms with Crippen molar-refractivity contribution < 1.29 is 4.74 Å². The second-order valence-corrected chi connectivity index (χ2v) is 2.90. The number of aromatic nitrogens is 3. The Hall–Kier alpha value is -1.26. The molecule has 0 bridgehead atoms. The summed E-state index contributed by atoms with van der Waals surface area (Å²) in [6, 6.07) is 3.83. The fourth-order valence-electron chi connectivity index (χ4n) is 1.20. The Balaban J connectivity index is 0.00000112. The average Bonchev–Trinajstić information content (AvgIpc) is 2.72. The molecule has 2 aromatic rings. The van der Waals surface area contributed by atoms with Gasteiger partial charge in [-0.2, -0.15) is 0 Å². The maximum absolute atomic E-state index is 5.02. The summed E-state index contributed by atoms with van der Waals surface area (Å²) in [5.41, 5.74) is 0.973. The minimum atomic E-state index is 0. The van der Waals surface area contributed by atoms with Crippen LogP contribution in [0, 0.1) is 0 Å². The van der Waals surface area contributed by atoms with Crippen molar-refractivity contribution >= 4 is 24.8 Å². The first-order chi connectivity index (χ1) is 6.88. The van der Waals surface area contributed by atoms with Crippen molar-refractivity contribution in [2.24, 2.45) is 0 Å². The van der Waals surface area contributed by atoms with E-state index in [4.69, 9.17) is 4.74 Å². The van der Waals surface area contributed by atoms with E-state index in [9.17, 15) is 0 Å². The van der Waals surface area contributed by atoms with Crippen LogP contribution < -0.4 is 4.74 Å². The SMILES string of the molecule is COc1ccc(Cc2ncc[nH]2)nc1.Cl.Cl. The second kappa shape index (κ2) is 7.09. The fraction of sp³-hybridized carbons (Fsp3) is 0.200. The van der Waals surface area contributed by atoms with Crippen molar-refractivity contribution in [2.45, 2.75) is 6.42 Å². The molecule has 2 rings (SSSR count). The normalized spacial score (nSPS) is 8.81. The Bertz CT molecular complexity index is 389. The number of imidazole rings is 1. The molecule has 0 amide bonds. The Kier molecular flexibility index (Phi) is 6.53. The largest absolute Gasteiger partial charge is 0.495 e. The van der Waals surface area contributed by atoms with Crippen molar-refractivity contribution in [3.05, 3.63) is 42.2 Å². The Morgan fingerprint density at radius 1 is 1.25 bits per heavy atom. The van der Waals surface area contributed by atoms with Crippen LogP contribution in [0.3, 0.4) is 0 Å². The molecule has 0 unspecified atom stereocenters. The fourth-order valence-corrected chi connectivity index (χ4v) is 1.20. The lowest BCUT2D eigenvalue weighted by Gasteiger charge is -2.00. The van der Waals surface area contributed by atoms with Gasteiger partial charge in [-0.25, -0.2) is 4.98 Å². The number of H-pyrrole nitrogens is 1. The van der Waals surface area contributed by atoms with Gasteiger partial charge in [0, 0.05) is 24.5 Å². The zero-order valence-electron chi connectivity index (χ0n) is 8.71. The van der Waals surface area contributed by atoms with E-state index < -0.39 is 0 Å². The van der Waals surface area contributed by atoms with Crippen molar-refractivity contribution in [2.75, 3.05) is 7.11 Å². The summed E-state index contributed by atoms with van der Waals surface area (Å²) >= 11 is 0. The summed E-state index contributed by atoms with van der Waals surface area (Å²) in [6.07, 6.45) is 5.97. The third-order valence-corrected chi connectivity index (χ3v) is 1.94. The van der Waals surface area contributed by atoms with Crippen molar-refractivity contribution in [1.82, 2.24) is 15.0 Å². The summed E-state index contributed by atoms with van der Waals surface area (Å²) < 4.78 is 5.02. The molecule has 16 heavy (non-hydrogen) atoms. The Labute approximate surface area is 106 Å². The van der Waals surface area contributed by atoms with E-state index in [1.165, 1.54) is 0 Å². The molecule has 4 nitrogen and oxygen atoms in total. The maximum Gasteiger partial charge on any atom is 0.137 e. The van der Waals surface area contributed by atoms with E-state index in [1.54, 1.807) is 25.7 Å². The van der Waals surface area contributed by atoms with Gasteiger partial charge in [-0.3, -0.25) is 4.98 Å². The van der Waals surface area contributed by atoms with Gasteiger partial charge in [0.1, 0.15) is 11.6 Å². The highest BCUT2D eigenvalue weighted by Gasteiger charge is 1.99. The zero-order valence-corrected chi connectivity index (χ0v) is 10.3. The van der Waals surface area contributed by atoms with Crippen molar-refractivity contribution in [3.8, 4) is 5.75 Å². The Morgan fingerprint density at radius 2 is 2.06 bits per heavy atom. The molecule has 6 heteroatoms. The van der Waals surface area contributed by atoms with E-state index in [1.807, 2.05) is 12.1 Å². The van der Waals surface area contributed by atoms with Gasteiger partial charge in [-0.1, -0.05) is 0 Å². The number of hydrogen-bond donors (Lipinski definition) is 1. The molecule has 0 atom stereocenters. The molecule has 0 radical (unpaired) electrons. The van der Waals surface area contributed by atoms with E-state index in [-0.39, 0.29) is 24.8 Å². The van der Waals surface area contributed by atoms with E-state index >= 15 is 0 Å². The highest BCUT2D eigenvalue weighted by molar-refractivity contribution is 5.85. The van der Waals surface area contributed by atoms with Crippen LogP contribution in [0.4, 0.5) is 0 Å². The summed E-state index contributed by atoms with van der Waals surface area (Å²) in [7, 11) is 1.63. The Morgan fingerprint density at radius 3 is 2.56 bits per heavy atom. The number of pyridine rings is 1. The second-order valence-electron chi connectivity index (χ2n) is 2.90. The van der Waals surface area contributed by atoms with Crippen molar-refractivity contribution in [1.29, 1.82) is 0 Å². The van der Waals surface area contributed by atoms with Gasteiger partial charge in [0.2, 0.25) is 0 Å². The molecule has 2 heterocycles. The third-order valence-electron chi connectivity index (χ3n) is 1.94. The smallest absolute Gasteiger partial charge is 0.137 e. The van der Waals surface area contributed by atoms with Crippen LogP contribution in [-0.4, -0.2) is 22.1 Å². The van der Waals surface area contributed by atoms with Gasteiger partial charge < -0.3 is 9.72 Å². The van der Waals surface area contributed by atoms with Crippen molar-refractivity contribution in [3.63, 3.8) is 0 Å². The lowest BCUT2D eigenvalue weighted by atomic mass is 10.2. The van der Waals surface area contributed by atoms with Crippen LogP contribution >= 0.6 is 24.8 Å². The van der Waals surface area contributed by atoms with Crippen LogP contribution in [0.5, 0.6) is 5.75 Å². The van der Waals surface area contributed by atoms with Crippen LogP contribution in [0.1, 0.15) is 11.5 Å². The molecule has 0 aromatic carbocycles. The highest BCUT2D eigenvalue weighted by Crippen LogP contribution is 2.09. The van der Waals surface area contributed by atoms with Gasteiger partial charge in [-0.15, -0.1) is 24.8 Å². The predicted octanol–water partition coefficient (Wildman–Crippen LogP) is 2.25. The first-order valence-corrected chi connectivity index (χ1v) is 4.35. The lowest BCUT2D eigenvalue weighted by molar-refractivity contribution is 0.412. The topological polar surface area (TPSA) is 50.8 Å². The van der Waals surface area contributed by atoms with Crippen LogP contribution in [-0.2, 0) is 6.42 Å². The number of hydrogen-bond acceptors (Lipinski definition) is 3. The maximum atomic E-state index is 5.02. The van der Waals surface area contributed by atoms with E-state index in [2.05, 4.69) is 15.0 Å². The van der Waals surface area contributed by atoms with Crippen LogP contribution in [0.2, 0.25) is 0 Å². The highest BCUT2D eigenvalue weighted by atomic mass is 35.5. The number of methoxy groups -OCH3 is 1. The number of nitrogens with one attached hydrogen (secondary N) is 1. The molecule has 0 saturated carbocycles. The quantitative estimate of drug-likeness (QED) is 0.922. The van der Waals surface area contributed by atoms with Gasteiger partial charge >= 0.3 is 0 Å². The summed E-state index contributed by atoms with van der Waals surface area (Å²) in [5.74, 6) is 1.69. The standard InChI is InChI=1S/C10H11N3O.2ClH/c1-14-9-3-2-8(13-7-9)6-10-11-4-5-12-10;;/h2-5,7H,6H2,1H3,(H,11,12);2*1H. The molecule has 0 saturated heterocycles. The molecular formula is C10H13Cl2N3O. The number of aromatic amines is 1. The molecule has 0 aliphatic heterocycles. The number of nitrogens with zero attached hydrogens (tertiary/aromatic N) is 2. The molecule has 0 spiro atoms. The molecule has 0 aliphatic rings. The van der Waals surface area contributed by atoms with E-state index in [0.717, 1.165) is 23.7 Å². The third kappa shape index (κ3) is 3.72. The van der Waals surface area contributed by atoms with Gasteiger partial charge in [0.25, 0.3) is 0 Å². The average molecular weight is 262 g/mol. The zero-order chi connectivity index (χ0) is 9.80. The number of rotatable bonds is 3. The molecule has 0 fully saturated rings. The molecule has 88 valence electrons. The number of halogens is 2. The molecule has 2 aromatic heterocycles. The predicted molar refractivity (Wildman–Crippen MR) is 66.7 cm³/mol. The minimum absolute atomic E-state index is 0. The van der Waals surface area contributed by atoms with Crippen LogP contribution in [0.15, 0.2) is 30.7 Å². The van der Waals surface area contributed by atoms with Gasteiger partial charge in [0.15, 0.2) is 0 Å². The van der Waals surface area contributed by atoms with Crippen LogP contribution in [0.25, 0.3) is 0 Å². The summed E-state index contributed by atoms with van der Waals surface area (Å²) in [5, 5.41) is 0. The van der Waals surface area contributed by atoms with Gasteiger partial charge in [0.05, 0.1) is 13.3 Å². The first kappa shape index (κ1) is 14.7. The number of ether oxygens (including phenoxy) is 1. The first-order valence-electron chi connectivity index (χ1n) is 4.35. The summed E-state index contributed by atoms with van der Waals surface area (Å²) in [6.45, 7) is 0. The molecule has 1 N–H and O–H groups in total. The van der Waals surface area contributed by atoms with Gasteiger partial charge in [-0.05, 0) is 12.1 Å². The lowest BCUT2D eigenvalue weighted by Crippen LogP contribution is -1.94. The summed E-state index contributed by atoms with van der Waals surface area (Å²) in [4.78, 5) is 11.4. The molecular weight excluding hydrogens is 249 g/mol. The minimum Gasteiger partial charge on any atom is -0.495 e.